The van der Waals surface area contributed by atoms with Crippen LogP contribution in [-0.4, -0.2) is 57.0 Å². The molecule has 35 heavy (non-hydrogen) atoms. The molecule has 2 aliphatic rings. The number of amides is 2. The first-order valence-electron chi connectivity index (χ1n) is 12.6. The van der Waals surface area contributed by atoms with Crippen molar-refractivity contribution in [2.45, 2.75) is 65.1 Å². The molecule has 196 valence electrons. The van der Waals surface area contributed by atoms with Crippen molar-refractivity contribution in [1.29, 1.82) is 0 Å². The quantitative estimate of drug-likeness (QED) is 0.492. The minimum Gasteiger partial charge on any atom is -0.493 e. The second-order valence-corrected chi connectivity index (χ2v) is 10.6. The molecule has 0 radical (unpaired) electrons. The van der Waals surface area contributed by atoms with Crippen LogP contribution in [-0.2, 0) is 20.9 Å². The third kappa shape index (κ3) is 5.92. The van der Waals surface area contributed by atoms with Gasteiger partial charge in [0.25, 0.3) is 0 Å². The Morgan fingerprint density at radius 2 is 1.83 bits per heavy atom. The van der Waals surface area contributed by atoms with Crippen LogP contribution in [0.1, 0.15) is 52.0 Å². The lowest BCUT2D eigenvalue weighted by Crippen LogP contribution is -2.58. The van der Waals surface area contributed by atoms with Crippen LogP contribution in [0.3, 0.4) is 0 Å². The van der Waals surface area contributed by atoms with Gasteiger partial charge in [-0.25, -0.2) is 0 Å². The van der Waals surface area contributed by atoms with Crippen LogP contribution in [0.2, 0.25) is 0 Å². The first kappa shape index (κ1) is 27.3. The van der Waals surface area contributed by atoms with E-state index in [0.29, 0.717) is 18.0 Å². The molecule has 3 N–H and O–H groups in total. The number of fused-ring (bicyclic) bond motifs is 1. The van der Waals surface area contributed by atoms with E-state index in [1.807, 2.05) is 25.1 Å². The average Bonchev–Trinajstić information content (AvgIpc) is 2.84. The van der Waals surface area contributed by atoms with Crippen molar-refractivity contribution in [3.05, 3.63) is 23.8 Å². The number of hydrogen-bond donors (Lipinski definition) is 3. The smallest absolute Gasteiger partial charge is 0.246 e. The Bertz CT molecular complexity index is 892. The maximum absolute atomic E-state index is 13.1. The molecule has 0 aromatic heterocycles. The van der Waals surface area contributed by atoms with Crippen LogP contribution >= 0.6 is 0 Å². The van der Waals surface area contributed by atoms with E-state index in [9.17, 15) is 14.7 Å². The molecular formula is C27H42N2O6. The van der Waals surface area contributed by atoms with Gasteiger partial charge in [-0.1, -0.05) is 26.8 Å². The van der Waals surface area contributed by atoms with Gasteiger partial charge in [0.15, 0.2) is 11.5 Å². The molecule has 1 aromatic carbocycles. The molecule has 8 heteroatoms. The highest BCUT2D eigenvalue weighted by Gasteiger charge is 2.53. The zero-order chi connectivity index (χ0) is 25.8. The molecule has 0 bridgehead atoms. The van der Waals surface area contributed by atoms with Crippen molar-refractivity contribution in [2.75, 3.05) is 27.9 Å². The van der Waals surface area contributed by atoms with Crippen LogP contribution in [0.5, 0.6) is 11.5 Å². The van der Waals surface area contributed by atoms with Crippen LogP contribution in [0, 0.1) is 29.1 Å². The molecule has 0 spiro atoms. The lowest BCUT2D eigenvalue weighted by molar-refractivity contribution is -0.144. The Balaban J connectivity index is 1.65. The van der Waals surface area contributed by atoms with Gasteiger partial charge in [-0.15, -0.1) is 0 Å². The largest absolute Gasteiger partial charge is 0.493 e. The second kappa shape index (κ2) is 11.6. The molecule has 3 rings (SSSR count). The summed E-state index contributed by atoms with van der Waals surface area (Å²) >= 11 is 0. The number of carbonyl (C=O) groups is 2. The monoisotopic (exact) mass is 490 g/mol. The molecule has 7 atom stereocenters. The molecule has 0 heterocycles. The van der Waals surface area contributed by atoms with Crippen LogP contribution in [0.15, 0.2) is 18.2 Å². The van der Waals surface area contributed by atoms with Gasteiger partial charge in [0, 0.05) is 25.6 Å². The maximum Gasteiger partial charge on any atom is 0.246 e. The number of methoxy groups -OCH3 is 3. The van der Waals surface area contributed by atoms with Gasteiger partial charge < -0.3 is 30.0 Å². The zero-order valence-electron chi connectivity index (χ0n) is 21.9. The summed E-state index contributed by atoms with van der Waals surface area (Å²) in [6.45, 7) is 6.69. The SMILES string of the molecule is COCC(=O)N[C@H]1CC[C@@]2(C)CC[C@@H]([C@H](C)C(=O)NCc3ccc(OC)c(OC)c3)[C@H](O)[C@H]2[C@H]1C. The molecule has 2 fully saturated rings. The fourth-order valence-corrected chi connectivity index (χ4v) is 6.41. The first-order chi connectivity index (χ1) is 16.6. The predicted molar refractivity (Wildman–Crippen MR) is 133 cm³/mol. The van der Waals surface area contributed by atoms with Crippen LogP contribution in [0.4, 0.5) is 0 Å². The van der Waals surface area contributed by atoms with Gasteiger partial charge >= 0.3 is 0 Å². The molecule has 0 saturated heterocycles. The molecule has 0 aliphatic heterocycles. The fourth-order valence-electron chi connectivity index (χ4n) is 6.41. The van der Waals surface area contributed by atoms with Crippen LogP contribution in [0.25, 0.3) is 0 Å². The predicted octanol–water partition coefficient (Wildman–Crippen LogP) is 2.91. The first-order valence-corrected chi connectivity index (χ1v) is 12.6. The molecule has 1 aromatic rings. The van der Waals surface area contributed by atoms with Crippen LogP contribution < -0.4 is 20.1 Å². The van der Waals surface area contributed by atoms with Gasteiger partial charge in [-0.3, -0.25) is 9.59 Å². The van der Waals surface area contributed by atoms with E-state index in [4.69, 9.17) is 14.2 Å². The molecule has 2 amide bonds. The summed E-state index contributed by atoms with van der Waals surface area (Å²) in [5.41, 5.74) is 0.920. The van der Waals surface area contributed by atoms with Crippen molar-refractivity contribution in [1.82, 2.24) is 10.6 Å². The van der Waals surface area contributed by atoms with Gasteiger partial charge in [-0.2, -0.15) is 0 Å². The maximum atomic E-state index is 13.1. The number of benzene rings is 1. The third-order valence-electron chi connectivity index (χ3n) is 8.48. The molecular weight excluding hydrogens is 448 g/mol. The molecule has 2 saturated carbocycles. The Labute approximate surface area is 209 Å². The summed E-state index contributed by atoms with van der Waals surface area (Å²) in [6, 6.07) is 5.57. The highest BCUT2D eigenvalue weighted by Crippen LogP contribution is 2.55. The van der Waals surface area contributed by atoms with E-state index in [2.05, 4.69) is 24.5 Å². The van der Waals surface area contributed by atoms with Crippen molar-refractivity contribution < 1.29 is 28.9 Å². The fraction of sp³-hybridized carbons (Fsp3) is 0.704. The number of aliphatic hydroxyl groups is 1. The summed E-state index contributed by atoms with van der Waals surface area (Å²) in [4.78, 5) is 25.2. The number of carbonyl (C=O) groups excluding carboxylic acids is 2. The van der Waals surface area contributed by atoms with E-state index in [1.54, 1.807) is 14.2 Å². The van der Waals surface area contributed by atoms with Crippen molar-refractivity contribution >= 4 is 11.8 Å². The second-order valence-electron chi connectivity index (χ2n) is 10.6. The number of ether oxygens (including phenoxy) is 3. The van der Waals surface area contributed by atoms with E-state index in [-0.39, 0.29) is 53.5 Å². The Kier molecular flexibility index (Phi) is 9.05. The number of nitrogens with one attached hydrogen (secondary N) is 2. The van der Waals surface area contributed by atoms with E-state index in [0.717, 1.165) is 31.2 Å². The summed E-state index contributed by atoms with van der Waals surface area (Å²) in [6.07, 6.45) is 3.02. The Morgan fingerprint density at radius 3 is 2.49 bits per heavy atom. The van der Waals surface area contributed by atoms with E-state index < -0.39 is 6.10 Å². The Hall–Kier alpha value is -2.32. The number of aliphatic hydroxyl groups excluding tert-OH is 1. The summed E-state index contributed by atoms with van der Waals surface area (Å²) in [5, 5.41) is 17.7. The molecule has 0 unspecified atom stereocenters. The minimum absolute atomic E-state index is 0.00156. The van der Waals surface area contributed by atoms with Gasteiger partial charge in [0.05, 0.1) is 20.3 Å². The Morgan fingerprint density at radius 1 is 1.14 bits per heavy atom. The molecule has 2 aliphatic carbocycles. The minimum atomic E-state index is -0.604. The van der Waals surface area contributed by atoms with Gasteiger partial charge in [-0.05, 0) is 66.5 Å². The normalized spacial score (nSPS) is 31.1. The number of hydrogen-bond acceptors (Lipinski definition) is 6. The van der Waals surface area contributed by atoms with E-state index in [1.165, 1.54) is 7.11 Å². The third-order valence-corrected chi connectivity index (χ3v) is 8.48. The highest BCUT2D eigenvalue weighted by atomic mass is 16.5. The van der Waals surface area contributed by atoms with Gasteiger partial charge in [0.1, 0.15) is 6.61 Å². The summed E-state index contributed by atoms with van der Waals surface area (Å²) in [5.74, 6) is 0.729. The van der Waals surface area contributed by atoms with Gasteiger partial charge in [0.2, 0.25) is 11.8 Å². The average molecular weight is 491 g/mol. The summed E-state index contributed by atoms with van der Waals surface area (Å²) < 4.78 is 15.6. The van der Waals surface area contributed by atoms with Crippen molar-refractivity contribution in [3.63, 3.8) is 0 Å². The summed E-state index contributed by atoms with van der Waals surface area (Å²) in [7, 11) is 4.68. The van der Waals surface area contributed by atoms with Crippen molar-refractivity contribution in [3.8, 4) is 11.5 Å². The van der Waals surface area contributed by atoms with E-state index >= 15 is 0 Å². The standard InChI is InChI=1S/C27H42N2O6/c1-16(26(32)28-14-18-7-8-21(34-5)22(13-18)35-6)19-9-11-27(3)12-10-20(29-23(30)15-33-4)17(2)24(27)25(19)31/h7-8,13,16-17,19-20,24-25,31H,9-12,14-15H2,1-6H3,(H,28,32)(H,29,30)/t16-,17-,19-,20-,24+,25-,27+/m0/s1. The highest BCUT2D eigenvalue weighted by molar-refractivity contribution is 5.79. The lowest BCUT2D eigenvalue weighted by Gasteiger charge is -2.56. The number of rotatable bonds is 9. The lowest BCUT2D eigenvalue weighted by atomic mass is 9.51. The molecule has 8 nitrogen and oxygen atoms in total. The topological polar surface area (TPSA) is 106 Å². The van der Waals surface area contributed by atoms with Crippen molar-refractivity contribution in [2.24, 2.45) is 29.1 Å². The zero-order valence-corrected chi connectivity index (χ0v) is 21.9.